The number of rotatable bonds is 4. The third kappa shape index (κ3) is 3.43. The molecular weight excluding hydrogens is 344 g/mol. The molecule has 22 heavy (non-hydrogen) atoms. The van der Waals surface area contributed by atoms with Gasteiger partial charge in [0.05, 0.1) is 11.2 Å². The Morgan fingerprint density at radius 2 is 2.00 bits per heavy atom. The highest BCUT2D eigenvalue weighted by molar-refractivity contribution is 9.10. The first-order valence-electron chi connectivity index (χ1n) is 6.74. The van der Waals surface area contributed by atoms with Gasteiger partial charge in [-0.25, -0.2) is 0 Å². The number of benzene rings is 2. The highest BCUT2D eigenvalue weighted by atomic mass is 79.9. The zero-order valence-electron chi connectivity index (χ0n) is 11.6. The van der Waals surface area contributed by atoms with Crippen molar-refractivity contribution in [2.75, 3.05) is 11.9 Å². The number of carbonyl (C=O) groups excluding carboxylic acids is 1. The molecule has 0 radical (unpaired) electrons. The van der Waals surface area contributed by atoms with E-state index in [1.54, 1.807) is 12.3 Å². The van der Waals surface area contributed by atoms with E-state index in [0.29, 0.717) is 5.75 Å². The van der Waals surface area contributed by atoms with Crippen molar-refractivity contribution in [2.45, 2.75) is 0 Å². The summed E-state index contributed by atoms with van der Waals surface area (Å²) in [6.45, 7) is -0.0485. The van der Waals surface area contributed by atoms with E-state index in [1.165, 1.54) is 0 Å². The van der Waals surface area contributed by atoms with Crippen LogP contribution in [-0.4, -0.2) is 17.5 Å². The van der Waals surface area contributed by atoms with E-state index in [9.17, 15) is 4.79 Å². The van der Waals surface area contributed by atoms with E-state index in [-0.39, 0.29) is 12.5 Å². The molecule has 0 fully saturated rings. The maximum atomic E-state index is 11.9. The van der Waals surface area contributed by atoms with Crippen molar-refractivity contribution in [1.29, 1.82) is 0 Å². The maximum Gasteiger partial charge on any atom is 0.262 e. The van der Waals surface area contributed by atoms with E-state index < -0.39 is 0 Å². The first-order valence-corrected chi connectivity index (χ1v) is 7.53. The number of anilines is 1. The van der Waals surface area contributed by atoms with Crippen LogP contribution < -0.4 is 10.1 Å². The van der Waals surface area contributed by atoms with Crippen LogP contribution in [0, 0.1) is 0 Å². The van der Waals surface area contributed by atoms with Crippen LogP contribution in [0.2, 0.25) is 0 Å². The van der Waals surface area contributed by atoms with Gasteiger partial charge in [0.1, 0.15) is 5.75 Å². The summed E-state index contributed by atoms with van der Waals surface area (Å²) >= 11 is 3.39. The summed E-state index contributed by atoms with van der Waals surface area (Å²) in [5.41, 5.74) is 1.62. The topological polar surface area (TPSA) is 51.2 Å². The minimum atomic E-state index is -0.210. The number of hydrogen-bond acceptors (Lipinski definition) is 3. The Morgan fingerprint density at radius 3 is 2.86 bits per heavy atom. The first kappa shape index (κ1) is 14.5. The first-order chi connectivity index (χ1) is 10.7. The molecule has 5 heteroatoms. The Morgan fingerprint density at radius 1 is 1.14 bits per heavy atom. The molecular formula is C17H13BrN2O2. The summed E-state index contributed by atoms with van der Waals surface area (Å²) in [6, 6.07) is 16.8. The molecule has 0 atom stereocenters. The Balaban J connectivity index is 1.63. The molecule has 1 N–H and O–H groups in total. The molecule has 0 aliphatic rings. The zero-order valence-corrected chi connectivity index (χ0v) is 13.2. The number of carbonyl (C=O) groups is 1. The van der Waals surface area contributed by atoms with E-state index in [4.69, 9.17) is 4.74 Å². The number of para-hydroxylation sites is 1. The van der Waals surface area contributed by atoms with Crippen LogP contribution in [0.25, 0.3) is 10.9 Å². The molecule has 0 saturated heterocycles. The van der Waals surface area contributed by atoms with Gasteiger partial charge in [0.15, 0.2) is 6.61 Å². The largest absolute Gasteiger partial charge is 0.484 e. The fourth-order valence-electron chi connectivity index (χ4n) is 2.04. The van der Waals surface area contributed by atoms with Gasteiger partial charge in [-0.15, -0.1) is 0 Å². The quantitative estimate of drug-likeness (QED) is 0.768. The maximum absolute atomic E-state index is 11.9. The Hall–Kier alpha value is -2.40. The lowest BCUT2D eigenvalue weighted by Crippen LogP contribution is -2.20. The Bertz CT molecular complexity index is 820. The summed E-state index contributed by atoms with van der Waals surface area (Å²) in [5, 5.41) is 3.77. The number of ether oxygens (including phenoxy) is 1. The molecule has 3 aromatic rings. The summed E-state index contributed by atoms with van der Waals surface area (Å²) in [4.78, 5) is 16.2. The normalized spacial score (nSPS) is 10.4. The molecule has 0 aliphatic heterocycles. The fourth-order valence-corrected chi connectivity index (χ4v) is 2.43. The predicted octanol–water partition coefficient (Wildman–Crippen LogP) is 4.01. The number of nitrogens with zero attached hydrogens (tertiary/aromatic N) is 1. The number of nitrogens with one attached hydrogen (secondary N) is 1. The molecule has 0 saturated carbocycles. The SMILES string of the molecule is O=C(COc1ccc2ncccc2c1)Nc1ccccc1Br. The summed E-state index contributed by atoms with van der Waals surface area (Å²) in [6.07, 6.45) is 1.74. The summed E-state index contributed by atoms with van der Waals surface area (Å²) < 4.78 is 6.37. The van der Waals surface area contributed by atoms with Gasteiger partial charge in [-0.05, 0) is 52.3 Å². The van der Waals surface area contributed by atoms with Crippen LogP contribution in [0.4, 0.5) is 5.69 Å². The number of aromatic nitrogens is 1. The zero-order chi connectivity index (χ0) is 15.4. The second-order valence-electron chi connectivity index (χ2n) is 4.67. The second kappa shape index (κ2) is 6.58. The van der Waals surface area contributed by atoms with E-state index in [0.717, 1.165) is 21.1 Å². The average molecular weight is 357 g/mol. The Kier molecular flexibility index (Phi) is 4.34. The summed E-state index contributed by atoms with van der Waals surface area (Å²) in [7, 11) is 0. The van der Waals surface area contributed by atoms with Gasteiger partial charge in [-0.3, -0.25) is 9.78 Å². The fraction of sp³-hybridized carbons (Fsp3) is 0.0588. The number of hydrogen-bond donors (Lipinski definition) is 1. The van der Waals surface area contributed by atoms with E-state index in [2.05, 4.69) is 26.2 Å². The molecule has 1 amide bonds. The van der Waals surface area contributed by atoms with Gasteiger partial charge in [0, 0.05) is 16.1 Å². The minimum absolute atomic E-state index is 0.0485. The number of pyridine rings is 1. The molecule has 2 aromatic carbocycles. The molecule has 0 bridgehead atoms. The van der Waals surface area contributed by atoms with Crippen molar-refractivity contribution in [2.24, 2.45) is 0 Å². The van der Waals surface area contributed by atoms with Crippen LogP contribution in [0.15, 0.2) is 65.3 Å². The van der Waals surface area contributed by atoms with Gasteiger partial charge in [-0.2, -0.15) is 0 Å². The molecule has 1 heterocycles. The minimum Gasteiger partial charge on any atom is -0.484 e. The van der Waals surface area contributed by atoms with Crippen LogP contribution in [0.3, 0.4) is 0 Å². The number of fused-ring (bicyclic) bond motifs is 1. The third-order valence-electron chi connectivity index (χ3n) is 3.09. The van der Waals surface area contributed by atoms with Crippen molar-refractivity contribution in [3.05, 3.63) is 65.3 Å². The van der Waals surface area contributed by atoms with Gasteiger partial charge in [-0.1, -0.05) is 18.2 Å². The average Bonchev–Trinajstić information content (AvgIpc) is 2.55. The molecule has 1 aromatic heterocycles. The van der Waals surface area contributed by atoms with Gasteiger partial charge >= 0.3 is 0 Å². The van der Waals surface area contributed by atoms with Crippen molar-refractivity contribution in [1.82, 2.24) is 4.98 Å². The number of halogens is 1. The summed E-state index contributed by atoms with van der Waals surface area (Å²) in [5.74, 6) is 0.431. The molecule has 3 rings (SSSR count). The molecule has 110 valence electrons. The molecule has 0 aliphatic carbocycles. The smallest absolute Gasteiger partial charge is 0.262 e. The van der Waals surface area contributed by atoms with Crippen molar-refractivity contribution in [3.8, 4) is 5.75 Å². The van der Waals surface area contributed by atoms with Crippen molar-refractivity contribution < 1.29 is 9.53 Å². The molecule has 0 spiro atoms. The van der Waals surface area contributed by atoms with Gasteiger partial charge < -0.3 is 10.1 Å². The van der Waals surface area contributed by atoms with Crippen LogP contribution in [0.5, 0.6) is 5.75 Å². The van der Waals surface area contributed by atoms with Gasteiger partial charge in [0.25, 0.3) is 5.91 Å². The second-order valence-corrected chi connectivity index (χ2v) is 5.53. The third-order valence-corrected chi connectivity index (χ3v) is 3.78. The van der Waals surface area contributed by atoms with Gasteiger partial charge in [0.2, 0.25) is 0 Å². The Labute approximate surface area is 136 Å². The van der Waals surface area contributed by atoms with E-state index in [1.807, 2.05) is 48.5 Å². The van der Waals surface area contributed by atoms with Crippen LogP contribution in [0.1, 0.15) is 0 Å². The monoisotopic (exact) mass is 356 g/mol. The van der Waals surface area contributed by atoms with Crippen molar-refractivity contribution in [3.63, 3.8) is 0 Å². The lowest BCUT2D eigenvalue weighted by atomic mass is 10.2. The highest BCUT2D eigenvalue weighted by Crippen LogP contribution is 2.21. The van der Waals surface area contributed by atoms with Crippen LogP contribution in [-0.2, 0) is 4.79 Å². The predicted molar refractivity (Wildman–Crippen MR) is 90.0 cm³/mol. The standard InChI is InChI=1S/C17H13BrN2O2/c18-14-5-1-2-6-16(14)20-17(21)11-22-13-7-8-15-12(10-13)4-3-9-19-15/h1-10H,11H2,(H,20,21). The lowest BCUT2D eigenvalue weighted by Gasteiger charge is -2.09. The number of amides is 1. The van der Waals surface area contributed by atoms with Crippen molar-refractivity contribution >= 4 is 38.4 Å². The van der Waals surface area contributed by atoms with E-state index >= 15 is 0 Å². The van der Waals surface area contributed by atoms with Crippen LogP contribution >= 0.6 is 15.9 Å². The lowest BCUT2D eigenvalue weighted by molar-refractivity contribution is -0.118. The highest BCUT2D eigenvalue weighted by Gasteiger charge is 2.06. The molecule has 0 unspecified atom stereocenters. The molecule has 4 nitrogen and oxygen atoms in total.